The highest BCUT2D eigenvalue weighted by molar-refractivity contribution is 5.72. The molecule has 0 aromatic carbocycles. The standard InChI is InChI=1S/C12H24O3/c1-4-6-8-14-10-11(3)12(13)15-9-7-5-2/h11H,4-10H2,1-3H3. The molecule has 0 aliphatic carbocycles. The van der Waals surface area contributed by atoms with Gasteiger partial charge in [0.25, 0.3) is 0 Å². The number of esters is 1. The summed E-state index contributed by atoms with van der Waals surface area (Å²) in [5.41, 5.74) is 0. The minimum absolute atomic E-state index is 0.139. The lowest BCUT2D eigenvalue weighted by Crippen LogP contribution is -2.20. The van der Waals surface area contributed by atoms with Crippen LogP contribution in [0, 0.1) is 5.92 Å². The smallest absolute Gasteiger partial charge is 0.310 e. The molecule has 0 rings (SSSR count). The second kappa shape index (κ2) is 9.97. The Balaban J connectivity index is 3.42. The Morgan fingerprint density at radius 1 is 1.13 bits per heavy atom. The molecule has 0 amide bonds. The number of carbonyl (C=O) groups is 1. The Bertz CT molecular complexity index is 157. The topological polar surface area (TPSA) is 35.5 Å². The lowest BCUT2D eigenvalue weighted by atomic mass is 10.2. The number of hydrogen-bond acceptors (Lipinski definition) is 3. The normalized spacial score (nSPS) is 12.5. The molecule has 15 heavy (non-hydrogen) atoms. The van der Waals surface area contributed by atoms with Crippen molar-refractivity contribution in [3.8, 4) is 0 Å². The molecule has 0 saturated heterocycles. The Kier molecular flexibility index (Phi) is 9.59. The van der Waals surface area contributed by atoms with E-state index in [1.54, 1.807) is 0 Å². The SMILES string of the molecule is CCCCOCC(C)C(=O)OCCCC. The summed E-state index contributed by atoms with van der Waals surface area (Å²) in [6, 6.07) is 0. The third-order valence-corrected chi connectivity index (χ3v) is 2.15. The molecule has 0 heterocycles. The van der Waals surface area contributed by atoms with Gasteiger partial charge in [0.05, 0.1) is 19.1 Å². The van der Waals surface area contributed by atoms with Crippen LogP contribution in [0.1, 0.15) is 46.5 Å². The predicted octanol–water partition coefficient (Wildman–Crippen LogP) is 2.78. The van der Waals surface area contributed by atoms with E-state index in [0.29, 0.717) is 13.2 Å². The molecular weight excluding hydrogens is 192 g/mol. The van der Waals surface area contributed by atoms with E-state index in [1.807, 2.05) is 6.92 Å². The van der Waals surface area contributed by atoms with Gasteiger partial charge in [0.2, 0.25) is 0 Å². The number of carbonyl (C=O) groups excluding carboxylic acids is 1. The minimum Gasteiger partial charge on any atom is -0.465 e. The molecule has 0 aliphatic rings. The fourth-order valence-electron chi connectivity index (χ4n) is 1.03. The summed E-state index contributed by atoms with van der Waals surface area (Å²) in [6.45, 7) is 7.79. The number of ether oxygens (including phenoxy) is 2. The first-order chi connectivity index (χ1) is 7.22. The molecule has 0 bridgehead atoms. The summed E-state index contributed by atoms with van der Waals surface area (Å²) in [4.78, 5) is 11.4. The van der Waals surface area contributed by atoms with Gasteiger partial charge in [-0.3, -0.25) is 4.79 Å². The fourth-order valence-corrected chi connectivity index (χ4v) is 1.03. The third kappa shape index (κ3) is 8.43. The van der Waals surface area contributed by atoms with E-state index in [9.17, 15) is 4.79 Å². The highest BCUT2D eigenvalue weighted by atomic mass is 16.5. The van der Waals surface area contributed by atoms with E-state index < -0.39 is 0 Å². The van der Waals surface area contributed by atoms with Crippen molar-refractivity contribution in [1.29, 1.82) is 0 Å². The largest absolute Gasteiger partial charge is 0.465 e. The molecule has 0 radical (unpaired) electrons. The van der Waals surface area contributed by atoms with Gasteiger partial charge < -0.3 is 9.47 Å². The van der Waals surface area contributed by atoms with Gasteiger partial charge in [0, 0.05) is 6.61 Å². The minimum atomic E-state index is -0.140. The molecule has 0 spiro atoms. The zero-order chi connectivity index (χ0) is 11.5. The summed E-state index contributed by atoms with van der Waals surface area (Å²) >= 11 is 0. The van der Waals surface area contributed by atoms with Gasteiger partial charge in [-0.15, -0.1) is 0 Å². The van der Waals surface area contributed by atoms with Crippen molar-refractivity contribution >= 4 is 5.97 Å². The first-order valence-electron chi connectivity index (χ1n) is 5.96. The molecule has 0 aromatic heterocycles. The summed E-state index contributed by atoms with van der Waals surface area (Å²) in [6.07, 6.45) is 4.16. The Morgan fingerprint density at radius 2 is 1.73 bits per heavy atom. The zero-order valence-corrected chi connectivity index (χ0v) is 10.3. The van der Waals surface area contributed by atoms with Crippen LogP contribution in [0.2, 0.25) is 0 Å². The first-order valence-corrected chi connectivity index (χ1v) is 5.96. The third-order valence-electron chi connectivity index (χ3n) is 2.15. The Labute approximate surface area is 93.1 Å². The highest BCUT2D eigenvalue weighted by Gasteiger charge is 2.13. The van der Waals surface area contributed by atoms with Crippen molar-refractivity contribution in [3.63, 3.8) is 0 Å². The molecule has 0 fully saturated rings. The van der Waals surface area contributed by atoms with E-state index in [4.69, 9.17) is 9.47 Å². The summed E-state index contributed by atoms with van der Waals surface area (Å²) in [5, 5.41) is 0. The predicted molar refractivity (Wildman–Crippen MR) is 60.8 cm³/mol. The van der Waals surface area contributed by atoms with Gasteiger partial charge in [-0.25, -0.2) is 0 Å². The van der Waals surface area contributed by atoms with Gasteiger partial charge in [-0.05, 0) is 19.8 Å². The lowest BCUT2D eigenvalue weighted by molar-refractivity contribution is -0.150. The van der Waals surface area contributed by atoms with Gasteiger partial charge in [0.1, 0.15) is 0 Å². The average Bonchev–Trinajstić information content (AvgIpc) is 2.24. The van der Waals surface area contributed by atoms with Crippen LogP contribution in [0.15, 0.2) is 0 Å². The zero-order valence-electron chi connectivity index (χ0n) is 10.3. The first kappa shape index (κ1) is 14.4. The maximum atomic E-state index is 11.4. The van der Waals surface area contributed by atoms with E-state index in [-0.39, 0.29) is 11.9 Å². The van der Waals surface area contributed by atoms with Crippen molar-refractivity contribution in [3.05, 3.63) is 0 Å². The molecule has 3 heteroatoms. The summed E-state index contributed by atoms with van der Waals surface area (Å²) < 4.78 is 10.4. The average molecular weight is 216 g/mol. The van der Waals surface area contributed by atoms with Gasteiger partial charge >= 0.3 is 5.97 Å². The molecule has 0 aromatic rings. The van der Waals surface area contributed by atoms with E-state index in [1.165, 1.54) is 0 Å². The molecule has 1 atom stereocenters. The van der Waals surface area contributed by atoms with Crippen molar-refractivity contribution in [2.24, 2.45) is 5.92 Å². The quantitative estimate of drug-likeness (QED) is 0.439. The van der Waals surface area contributed by atoms with Crippen LogP contribution >= 0.6 is 0 Å². The molecular formula is C12H24O3. The van der Waals surface area contributed by atoms with Crippen molar-refractivity contribution in [2.45, 2.75) is 46.5 Å². The highest BCUT2D eigenvalue weighted by Crippen LogP contribution is 2.01. The summed E-state index contributed by atoms with van der Waals surface area (Å²) in [7, 11) is 0. The molecule has 90 valence electrons. The van der Waals surface area contributed by atoms with Crippen LogP contribution in [-0.2, 0) is 14.3 Å². The monoisotopic (exact) mass is 216 g/mol. The second-order valence-corrected chi connectivity index (χ2v) is 3.85. The molecule has 0 N–H and O–H groups in total. The second-order valence-electron chi connectivity index (χ2n) is 3.85. The summed E-state index contributed by atoms with van der Waals surface area (Å²) in [5.74, 6) is -0.279. The van der Waals surface area contributed by atoms with Crippen LogP contribution in [0.3, 0.4) is 0 Å². The van der Waals surface area contributed by atoms with E-state index in [0.717, 1.165) is 32.3 Å². The fraction of sp³-hybridized carbons (Fsp3) is 0.917. The van der Waals surface area contributed by atoms with Crippen molar-refractivity contribution in [2.75, 3.05) is 19.8 Å². The maximum Gasteiger partial charge on any atom is 0.310 e. The Morgan fingerprint density at radius 3 is 2.33 bits per heavy atom. The van der Waals surface area contributed by atoms with Gasteiger partial charge in [-0.2, -0.15) is 0 Å². The van der Waals surface area contributed by atoms with Crippen LogP contribution in [0.5, 0.6) is 0 Å². The van der Waals surface area contributed by atoms with Crippen molar-refractivity contribution < 1.29 is 14.3 Å². The van der Waals surface area contributed by atoms with E-state index >= 15 is 0 Å². The number of hydrogen-bond donors (Lipinski definition) is 0. The molecule has 1 unspecified atom stereocenters. The van der Waals surface area contributed by atoms with Crippen LogP contribution < -0.4 is 0 Å². The molecule has 0 aliphatic heterocycles. The number of rotatable bonds is 9. The van der Waals surface area contributed by atoms with Gasteiger partial charge in [0.15, 0.2) is 0 Å². The van der Waals surface area contributed by atoms with Crippen molar-refractivity contribution in [1.82, 2.24) is 0 Å². The Hall–Kier alpha value is -0.570. The van der Waals surface area contributed by atoms with Gasteiger partial charge in [-0.1, -0.05) is 26.7 Å². The number of unbranched alkanes of at least 4 members (excludes halogenated alkanes) is 2. The van der Waals surface area contributed by atoms with Crippen LogP contribution in [-0.4, -0.2) is 25.8 Å². The van der Waals surface area contributed by atoms with Crippen LogP contribution in [0.4, 0.5) is 0 Å². The maximum absolute atomic E-state index is 11.4. The van der Waals surface area contributed by atoms with Crippen LogP contribution in [0.25, 0.3) is 0 Å². The van der Waals surface area contributed by atoms with E-state index in [2.05, 4.69) is 13.8 Å². The lowest BCUT2D eigenvalue weighted by Gasteiger charge is -2.11. The molecule has 3 nitrogen and oxygen atoms in total. The molecule has 0 saturated carbocycles.